The molecule has 4 heteroatoms. The van der Waals surface area contributed by atoms with Gasteiger partial charge in [0.2, 0.25) is 5.91 Å². The molecule has 1 amide bonds. The Morgan fingerprint density at radius 1 is 0.870 bits per heavy atom. The summed E-state index contributed by atoms with van der Waals surface area (Å²) >= 11 is 0. The zero-order chi connectivity index (χ0) is 17.3. The predicted molar refractivity (Wildman–Crippen MR) is 96.4 cm³/mol. The summed E-state index contributed by atoms with van der Waals surface area (Å²) in [7, 11) is 0. The van der Waals surface area contributed by atoms with Crippen molar-refractivity contribution in [3.05, 3.63) is 0 Å². The average molecular weight is 330 g/mol. The molecule has 0 aliphatic carbocycles. The van der Waals surface area contributed by atoms with E-state index in [9.17, 15) is 15.0 Å². The van der Waals surface area contributed by atoms with Crippen molar-refractivity contribution in [1.82, 2.24) is 5.32 Å². The van der Waals surface area contributed by atoms with Crippen molar-refractivity contribution in [2.45, 2.75) is 109 Å². The quantitative estimate of drug-likeness (QED) is 0.376. The van der Waals surface area contributed by atoms with Crippen LogP contribution < -0.4 is 5.32 Å². The molecule has 0 aromatic heterocycles. The van der Waals surface area contributed by atoms with Crippen molar-refractivity contribution < 1.29 is 15.0 Å². The molecule has 0 saturated heterocycles. The second-order valence-corrected chi connectivity index (χ2v) is 6.64. The van der Waals surface area contributed by atoms with Crippen LogP contribution in [0, 0.1) is 0 Å². The highest BCUT2D eigenvalue weighted by molar-refractivity contribution is 5.76. The molecule has 0 aliphatic rings. The molecule has 4 nitrogen and oxygen atoms in total. The third-order valence-corrected chi connectivity index (χ3v) is 4.37. The van der Waals surface area contributed by atoms with E-state index in [0.717, 1.165) is 32.1 Å². The third kappa shape index (κ3) is 13.5. The fraction of sp³-hybridized carbons (Fsp3) is 0.947. The van der Waals surface area contributed by atoms with Crippen molar-refractivity contribution in [3.8, 4) is 0 Å². The van der Waals surface area contributed by atoms with Crippen molar-refractivity contribution in [1.29, 1.82) is 0 Å². The Morgan fingerprint density at radius 3 is 1.96 bits per heavy atom. The minimum atomic E-state index is -0.643. The van der Waals surface area contributed by atoms with Gasteiger partial charge >= 0.3 is 0 Å². The molecule has 3 N–H and O–H groups in total. The lowest BCUT2D eigenvalue weighted by molar-refractivity contribution is -0.123. The highest BCUT2D eigenvalue weighted by Gasteiger charge is 2.19. The van der Waals surface area contributed by atoms with Crippen LogP contribution in [0.15, 0.2) is 0 Å². The molecular formula is C19H39NO3. The van der Waals surface area contributed by atoms with Crippen LogP contribution in [0.25, 0.3) is 0 Å². The maximum atomic E-state index is 11.8. The highest BCUT2D eigenvalue weighted by Crippen LogP contribution is 2.12. The summed E-state index contributed by atoms with van der Waals surface area (Å²) in [6.07, 6.45) is 13.3. The number of carbonyl (C=O) groups is 1. The lowest BCUT2D eigenvalue weighted by Gasteiger charge is -2.22. The Labute approximate surface area is 143 Å². The smallest absolute Gasteiger partial charge is 0.220 e. The topological polar surface area (TPSA) is 69.6 Å². The van der Waals surface area contributed by atoms with Gasteiger partial charge in [0, 0.05) is 6.42 Å². The number of rotatable bonds is 16. The van der Waals surface area contributed by atoms with Crippen molar-refractivity contribution in [2.75, 3.05) is 6.61 Å². The molecule has 0 spiro atoms. The molecule has 0 rings (SSSR count). The monoisotopic (exact) mass is 329 g/mol. The zero-order valence-electron chi connectivity index (χ0n) is 15.4. The highest BCUT2D eigenvalue weighted by atomic mass is 16.3. The SMILES string of the molecule is CCCCCCCCCCC(O)C(CO)NC(=O)CCCCC. The van der Waals surface area contributed by atoms with Gasteiger partial charge in [0.05, 0.1) is 18.8 Å². The Morgan fingerprint density at radius 2 is 1.39 bits per heavy atom. The molecule has 0 aliphatic heterocycles. The van der Waals surface area contributed by atoms with E-state index in [1.807, 2.05) is 0 Å². The summed E-state index contributed by atoms with van der Waals surface area (Å²) in [5, 5.41) is 22.3. The summed E-state index contributed by atoms with van der Waals surface area (Å²) in [5.41, 5.74) is 0. The minimum Gasteiger partial charge on any atom is -0.394 e. The van der Waals surface area contributed by atoms with E-state index < -0.39 is 12.1 Å². The number of amides is 1. The Bertz CT molecular complexity index is 271. The van der Waals surface area contributed by atoms with Gasteiger partial charge in [0.15, 0.2) is 0 Å². The van der Waals surface area contributed by atoms with Gasteiger partial charge < -0.3 is 15.5 Å². The molecule has 0 radical (unpaired) electrons. The maximum Gasteiger partial charge on any atom is 0.220 e. The normalized spacial score (nSPS) is 13.7. The van der Waals surface area contributed by atoms with E-state index >= 15 is 0 Å². The van der Waals surface area contributed by atoms with Crippen LogP contribution in [-0.4, -0.2) is 34.9 Å². The van der Waals surface area contributed by atoms with Gasteiger partial charge in [-0.1, -0.05) is 78.1 Å². The summed E-state index contributed by atoms with van der Waals surface area (Å²) in [6, 6.07) is -0.520. The molecular weight excluding hydrogens is 290 g/mol. The first-order valence-corrected chi connectivity index (χ1v) is 9.73. The van der Waals surface area contributed by atoms with E-state index in [4.69, 9.17) is 0 Å². The maximum absolute atomic E-state index is 11.8. The van der Waals surface area contributed by atoms with Gasteiger partial charge in [-0.25, -0.2) is 0 Å². The second kappa shape index (κ2) is 16.3. The summed E-state index contributed by atoms with van der Waals surface area (Å²) in [4.78, 5) is 11.8. The summed E-state index contributed by atoms with van der Waals surface area (Å²) in [5.74, 6) is -0.0625. The summed E-state index contributed by atoms with van der Waals surface area (Å²) < 4.78 is 0. The lowest BCUT2D eigenvalue weighted by atomic mass is 10.0. The number of carbonyl (C=O) groups excluding carboxylic acids is 1. The Kier molecular flexibility index (Phi) is 15.8. The van der Waals surface area contributed by atoms with Crippen LogP contribution in [-0.2, 0) is 4.79 Å². The minimum absolute atomic E-state index is 0.0625. The molecule has 0 heterocycles. The number of unbranched alkanes of at least 4 members (excludes halogenated alkanes) is 9. The van der Waals surface area contributed by atoms with Gasteiger partial charge in [-0.2, -0.15) is 0 Å². The number of aliphatic hydroxyl groups excluding tert-OH is 2. The molecule has 0 fully saturated rings. The molecule has 138 valence electrons. The Hall–Kier alpha value is -0.610. The average Bonchev–Trinajstić information content (AvgIpc) is 2.55. The van der Waals surface area contributed by atoms with Gasteiger partial charge in [0.25, 0.3) is 0 Å². The van der Waals surface area contributed by atoms with Crippen molar-refractivity contribution in [2.24, 2.45) is 0 Å². The first-order valence-electron chi connectivity index (χ1n) is 9.73. The van der Waals surface area contributed by atoms with E-state index in [2.05, 4.69) is 19.2 Å². The molecule has 0 saturated carbocycles. The van der Waals surface area contributed by atoms with Gasteiger partial charge in [0.1, 0.15) is 0 Å². The van der Waals surface area contributed by atoms with E-state index in [1.54, 1.807) is 0 Å². The Balaban J connectivity index is 3.71. The standard InChI is InChI=1S/C19H39NO3/c1-3-5-7-8-9-10-11-13-14-18(22)17(16-21)20-19(23)15-12-6-4-2/h17-18,21-22H,3-16H2,1-2H3,(H,20,23). The number of hydrogen-bond donors (Lipinski definition) is 3. The number of nitrogens with one attached hydrogen (secondary N) is 1. The molecule has 2 atom stereocenters. The number of hydrogen-bond acceptors (Lipinski definition) is 3. The van der Waals surface area contributed by atoms with E-state index in [-0.39, 0.29) is 12.5 Å². The second-order valence-electron chi connectivity index (χ2n) is 6.64. The molecule has 0 bridgehead atoms. The van der Waals surface area contributed by atoms with Crippen LogP contribution in [0.5, 0.6) is 0 Å². The lowest BCUT2D eigenvalue weighted by Crippen LogP contribution is -2.45. The fourth-order valence-electron chi connectivity index (χ4n) is 2.77. The zero-order valence-corrected chi connectivity index (χ0v) is 15.4. The molecule has 2 unspecified atom stereocenters. The predicted octanol–water partition coefficient (Wildman–Crippen LogP) is 3.94. The van der Waals surface area contributed by atoms with Crippen LogP contribution in [0.1, 0.15) is 97.3 Å². The van der Waals surface area contributed by atoms with E-state index in [1.165, 1.54) is 38.5 Å². The van der Waals surface area contributed by atoms with Crippen LogP contribution >= 0.6 is 0 Å². The third-order valence-electron chi connectivity index (χ3n) is 4.37. The van der Waals surface area contributed by atoms with Crippen LogP contribution in [0.3, 0.4) is 0 Å². The summed E-state index contributed by atoms with van der Waals surface area (Å²) in [6.45, 7) is 4.13. The van der Waals surface area contributed by atoms with Crippen LogP contribution in [0.4, 0.5) is 0 Å². The van der Waals surface area contributed by atoms with Gasteiger partial charge in [-0.3, -0.25) is 4.79 Å². The fourth-order valence-corrected chi connectivity index (χ4v) is 2.77. The van der Waals surface area contributed by atoms with Gasteiger partial charge in [-0.05, 0) is 12.8 Å². The largest absolute Gasteiger partial charge is 0.394 e. The first kappa shape index (κ1) is 22.4. The molecule has 0 aromatic carbocycles. The van der Waals surface area contributed by atoms with E-state index in [0.29, 0.717) is 12.8 Å². The number of aliphatic hydroxyl groups is 2. The molecule has 0 aromatic rings. The van der Waals surface area contributed by atoms with Crippen molar-refractivity contribution >= 4 is 5.91 Å². The molecule has 23 heavy (non-hydrogen) atoms. The first-order chi connectivity index (χ1) is 11.2. The van der Waals surface area contributed by atoms with Crippen LogP contribution in [0.2, 0.25) is 0 Å². The van der Waals surface area contributed by atoms with Gasteiger partial charge in [-0.15, -0.1) is 0 Å². The van der Waals surface area contributed by atoms with Crippen molar-refractivity contribution in [3.63, 3.8) is 0 Å².